The molecule has 0 spiro atoms. The lowest BCUT2D eigenvalue weighted by Gasteiger charge is -2.24. The third-order valence-electron chi connectivity index (χ3n) is 5.78. The molecule has 0 N–H and O–H groups in total. The van der Waals surface area contributed by atoms with Gasteiger partial charge in [-0.2, -0.15) is 0 Å². The van der Waals surface area contributed by atoms with Crippen LogP contribution in [0.5, 0.6) is 0 Å². The Kier molecular flexibility index (Phi) is 3.36. The highest BCUT2D eigenvalue weighted by atomic mass is 35.5. The van der Waals surface area contributed by atoms with Gasteiger partial charge in [-0.25, -0.2) is 0 Å². The molecule has 3 aromatic rings. The van der Waals surface area contributed by atoms with Crippen molar-refractivity contribution in [3.63, 3.8) is 0 Å². The lowest BCUT2D eigenvalue weighted by Crippen LogP contribution is -2.11. The van der Waals surface area contributed by atoms with Crippen molar-refractivity contribution in [2.45, 2.75) is 19.3 Å². The van der Waals surface area contributed by atoms with Crippen LogP contribution in [0, 0.1) is 5.92 Å². The Balaban J connectivity index is 1.68. The predicted octanol–water partition coefficient (Wildman–Crippen LogP) is 6.64. The smallest absolute Gasteiger partial charge is 0.0266 e. The van der Waals surface area contributed by atoms with E-state index in [1.165, 1.54) is 39.0 Å². The van der Waals surface area contributed by atoms with E-state index in [0.717, 1.165) is 11.5 Å². The van der Waals surface area contributed by atoms with Gasteiger partial charge in [0.1, 0.15) is 0 Å². The average molecular weight is 343 g/mol. The van der Waals surface area contributed by atoms with Crippen LogP contribution in [0.25, 0.3) is 16.7 Å². The second-order valence-corrected chi connectivity index (χ2v) is 7.55. The third-order valence-corrected chi connectivity index (χ3v) is 6.12. The summed E-state index contributed by atoms with van der Waals surface area (Å²) in [7, 11) is 0. The number of benzene rings is 3. The second-order valence-electron chi connectivity index (χ2n) is 7.09. The van der Waals surface area contributed by atoms with E-state index in [0.29, 0.717) is 11.8 Å². The summed E-state index contributed by atoms with van der Waals surface area (Å²) in [5.41, 5.74) is 9.62. The zero-order valence-corrected chi connectivity index (χ0v) is 14.9. The van der Waals surface area contributed by atoms with Gasteiger partial charge in [-0.1, -0.05) is 91.3 Å². The molecule has 1 heteroatoms. The largest absolute Gasteiger partial charge is 0.0885 e. The number of hydrogen-bond donors (Lipinski definition) is 0. The van der Waals surface area contributed by atoms with Crippen molar-refractivity contribution in [3.8, 4) is 11.1 Å². The second kappa shape index (κ2) is 5.61. The molecule has 3 aromatic carbocycles. The quantitative estimate of drug-likeness (QED) is 0.489. The lowest BCUT2D eigenvalue weighted by atomic mass is 9.79. The molecule has 0 radical (unpaired) electrons. The van der Waals surface area contributed by atoms with Gasteiger partial charge < -0.3 is 0 Å². The number of rotatable bonds is 2. The highest BCUT2D eigenvalue weighted by Gasteiger charge is 2.36. The molecule has 1 atom stereocenters. The van der Waals surface area contributed by atoms with Crippen molar-refractivity contribution >= 4 is 17.2 Å². The molecule has 0 aliphatic heterocycles. The molecule has 0 amide bonds. The molecule has 0 bridgehead atoms. The first-order valence-corrected chi connectivity index (χ1v) is 9.28. The Hall–Kier alpha value is -2.31. The SMILES string of the molecule is CC(C1=C(Cl)Cc2ccccc21)C1c2ccccc2-c2ccccc21. The minimum atomic E-state index is 0.348. The summed E-state index contributed by atoms with van der Waals surface area (Å²) >= 11 is 6.75. The molecular formula is C24H19Cl. The summed E-state index contributed by atoms with van der Waals surface area (Å²) in [6.07, 6.45) is 0.868. The van der Waals surface area contributed by atoms with Crippen LogP contribution in [0.1, 0.15) is 35.1 Å². The monoisotopic (exact) mass is 342 g/mol. The van der Waals surface area contributed by atoms with Crippen LogP contribution >= 0.6 is 11.6 Å². The molecule has 0 saturated heterocycles. The van der Waals surface area contributed by atoms with Crippen LogP contribution in [0.3, 0.4) is 0 Å². The van der Waals surface area contributed by atoms with Gasteiger partial charge in [-0.15, -0.1) is 0 Å². The minimum absolute atomic E-state index is 0.348. The third kappa shape index (κ3) is 2.14. The first-order chi connectivity index (χ1) is 12.3. The van der Waals surface area contributed by atoms with Crippen LogP contribution in [-0.4, -0.2) is 0 Å². The number of halogens is 1. The predicted molar refractivity (Wildman–Crippen MR) is 106 cm³/mol. The molecule has 0 saturated carbocycles. The van der Waals surface area contributed by atoms with E-state index in [1.807, 2.05) is 0 Å². The van der Waals surface area contributed by atoms with E-state index in [2.05, 4.69) is 79.7 Å². The first-order valence-electron chi connectivity index (χ1n) is 8.90. The maximum Gasteiger partial charge on any atom is 0.0266 e. The van der Waals surface area contributed by atoms with E-state index in [9.17, 15) is 0 Å². The fraction of sp³-hybridized carbons (Fsp3) is 0.167. The molecule has 1 unspecified atom stereocenters. The Morgan fingerprint density at radius 1 is 0.760 bits per heavy atom. The maximum atomic E-state index is 6.75. The highest BCUT2D eigenvalue weighted by Crippen LogP contribution is 2.53. The molecule has 5 rings (SSSR count). The van der Waals surface area contributed by atoms with E-state index < -0.39 is 0 Å². The zero-order valence-electron chi connectivity index (χ0n) is 14.2. The maximum absolute atomic E-state index is 6.75. The molecule has 0 nitrogen and oxygen atoms in total. The van der Waals surface area contributed by atoms with Crippen LogP contribution in [-0.2, 0) is 6.42 Å². The van der Waals surface area contributed by atoms with Crippen LogP contribution in [0.2, 0.25) is 0 Å². The molecule has 2 aliphatic carbocycles. The number of hydrogen-bond acceptors (Lipinski definition) is 0. The molecule has 25 heavy (non-hydrogen) atoms. The van der Waals surface area contributed by atoms with E-state index in [-0.39, 0.29) is 0 Å². The van der Waals surface area contributed by atoms with Crippen molar-refractivity contribution in [1.29, 1.82) is 0 Å². The minimum Gasteiger partial charge on any atom is -0.0885 e. The Labute approximate surface area is 153 Å². The number of allylic oxidation sites excluding steroid dienone is 2. The summed E-state index contributed by atoms with van der Waals surface area (Å²) < 4.78 is 0. The molecule has 0 fully saturated rings. The van der Waals surface area contributed by atoms with Crippen molar-refractivity contribution in [2.75, 3.05) is 0 Å². The summed E-state index contributed by atoms with van der Waals surface area (Å²) in [6, 6.07) is 26.3. The average Bonchev–Trinajstić information content (AvgIpc) is 3.15. The van der Waals surface area contributed by atoms with Crippen molar-refractivity contribution in [2.24, 2.45) is 5.92 Å². The van der Waals surface area contributed by atoms with Crippen LogP contribution in [0.4, 0.5) is 0 Å². The van der Waals surface area contributed by atoms with Gasteiger partial charge in [0.2, 0.25) is 0 Å². The lowest BCUT2D eigenvalue weighted by molar-refractivity contribution is 0.653. The fourth-order valence-electron chi connectivity index (χ4n) is 4.74. The molecule has 0 aromatic heterocycles. The van der Waals surface area contributed by atoms with Crippen molar-refractivity contribution in [1.82, 2.24) is 0 Å². The Morgan fingerprint density at radius 2 is 1.28 bits per heavy atom. The van der Waals surface area contributed by atoms with Gasteiger partial charge in [0.05, 0.1) is 0 Å². The highest BCUT2D eigenvalue weighted by molar-refractivity contribution is 6.33. The van der Waals surface area contributed by atoms with Gasteiger partial charge in [0, 0.05) is 17.4 Å². The topological polar surface area (TPSA) is 0 Å². The fourth-order valence-corrected chi connectivity index (χ4v) is 5.16. The van der Waals surface area contributed by atoms with Gasteiger partial charge in [0.25, 0.3) is 0 Å². The summed E-state index contributed by atoms with van der Waals surface area (Å²) in [5, 5.41) is 1.01. The molecule has 122 valence electrons. The van der Waals surface area contributed by atoms with E-state index in [1.54, 1.807) is 0 Å². The van der Waals surface area contributed by atoms with Crippen LogP contribution in [0.15, 0.2) is 77.8 Å². The number of fused-ring (bicyclic) bond motifs is 4. The standard InChI is InChI=1S/C24H19Cl/c1-15(24-17-9-3-2-8-16(17)14-22(24)25)23-20-12-6-4-10-18(20)19-11-5-7-13-21(19)23/h2-13,15,23H,14H2,1H3. The Morgan fingerprint density at radius 3 is 1.92 bits per heavy atom. The Bertz CT molecular complexity index is 966. The molecule has 0 heterocycles. The van der Waals surface area contributed by atoms with E-state index >= 15 is 0 Å². The summed E-state index contributed by atoms with van der Waals surface area (Å²) in [4.78, 5) is 0. The van der Waals surface area contributed by atoms with Gasteiger partial charge >= 0.3 is 0 Å². The summed E-state index contributed by atoms with van der Waals surface area (Å²) in [6.45, 7) is 2.34. The molecule has 2 aliphatic rings. The molecular weight excluding hydrogens is 324 g/mol. The van der Waals surface area contributed by atoms with E-state index in [4.69, 9.17) is 11.6 Å². The summed E-state index contributed by atoms with van der Waals surface area (Å²) in [5.74, 6) is 0.711. The van der Waals surface area contributed by atoms with Crippen molar-refractivity contribution < 1.29 is 0 Å². The first kappa shape index (κ1) is 15.0. The van der Waals surface area contributed by atoms with Gasteiger partial charge in [-0.3, -0.25) is 0 Å². The van der Waals surface area contributed by atoms with Gasteiger partial charge in [0.15, 0.2) is 0 Å². The van der Waals surface area contributed by atoms with Crippen LogP contribution < -0.4 is 0 Å². The zero-order chi connectivity index (χ0) is 17.0. The normalized spacial score (nSPS) is 16.6. The van der Waals surface area contributed by atoms with Gasteiger partial charge in [-0.05, 0) is 44.9 Å². The van der Waals surface area contributed by atoms with Crippen molar-refractivity contribution in [3.05, 3.63) is 100 Å².